The van der Waals surface area contributed by atoms with Gasteiger partial charge in [0.1, 0.15) is 0 Å². The Bertz CT molecular complexity index is 1040. The Morgan fingerprint density at radius 3 is 2.41 bits per heavy atom. The average molecular weight is 456 g/mol. The second-order valence-corrected chi connectivity index (χ2v) is 10.9. The Morgan fingerprint density at radius 2 is 1.66 bits per heavy atom. The van der Waals surface area contributed by atoms with E-state index < -0.39 is 10.0 Å². The van der Waals surface area contributed by atoms with Crippen LogP contribution in [0.25, 0.3) is 0 Å². The van der Waals surface area contributed by atoms with Crippen molar-refractivity contribution in [2.24, 2.45) is 5.92 Å². The van der Waals surface area contributed by atoms with Crippen LogP contribution in [0.3, 0.4) is 0 Å². The Morgan fingerprint density at radius 1 is 0.969 bits per heavy atom. The van der Waals surface area contributed by atoms with Crippen LogP contribution < -0.4 is 4.72 Å². The Hall–Kier alpha value is -2.22. The van der Waals surface area contributed by atoms with Crippen molar-refractivity contribution in [3.05, 3.63) is 65.2 Å². The van der Waals surface area contributed by atoms with E-state index in [-0.39, 0.29) is 17.3 Å². The van der Waals surface area contributed by atoms with Gasteiger partial charge in [-0.3, -0.25) is 9.69 Å². The van der Waals surface area contributed by atoms with E-state index in [9.17, 15) is 13.2 Å². The first-order chi connectivity index (χ1) is 15.4. The monoisotopic (exact) mass is 455 g/mol. The molecule has 1 N–H and O–H groups in total. The number of piperidine rings is 1. The van der Waals surface area contributed by atoms with E-state index in [0.717, 1.165) is 57.0 Å². The molecule has 2 aromatic carbocycles. The summed E-state index contributed by atoms with van der Waals surface area (Å²) in [6, 6.07) is 14.5. The van der Waals surface area contributed by atoms with Crippen molar-refractivity contribution in [1.29, 1.82) is 0 Å². The maximum atomic E-state index is 12.9. The first-order valence-electron chi connectivity index (χ1n) is 11.6. The minimum absolute atomic E-state index is 0.0978. The third-order valence-corrected chi connectivity index (χ3v) is 7.92. The van der Waals surface area contributed by atoms with Gasteiger partial charge in [-0.25, -0.2) is 13.1 Å². The highest BCUT2D eigenvalue weighted by molar-refractivity contribution is 7.89. The lowest BCUT2D eigenvalue weighted by molar-refractivity contribution is 0.0792. The van der Waals surface area contributed by atoms with Crippen LogP contribution in [0.5, 0.6) is 0 Å². The Labute approximate surface area is 191 Å². The molecule has 0 unspecified atom stereocenters. The average Bonchev–Trinajstić information content (AvgIpc) is 3.34. The molecule has 1 amide bonds. The zero-order valence-electron chi connectivity index (χ0n) is 18.8. The number of benzene rings is 2. The van der Waals surface area contributed by atoms with Gasteiger partial charge in [0.25, 0.3) is 5.91 Å². The Balaban J connectivity index is 1.39. The molecule has 2 heterocycles. The largest absolute Gasteiger partial charge is 0.339 e. The highest BCUT2D eigenvalue weighted by Crippen LogP contribution is 2.19. The number of sulfonamides is 1. The van der Waals surface area contributed by atoms with Gasteiger partial charge in [0.2, 0.25) is 10.0 Å². The number of hydrogen-bond acceptors (Lipinski definition) is 4. The summed E-state index contributed by atoms with van der Waals surface area (Å²) in [5, 5.41) is 0. The molecule has 0 atom stereocenters. The number of nitrogens with zero attached hydrogens (tertiary/aromatic N) is 2. The van der Waals surface area contributed by atoms with Gasteiger partial charge in [-0.15, -0.1) is 0 Å². The van der Waals surface area contributed by atoms with Crippen LogP contribution in [0.2, 0.25) is 0 Å². The number of likely N-dealkylation sites (tertiary alicyclic amines) is 2. The summed E-state index contributed by atoms with van der Waals surface area (Å²) in [5.41, 5.74) is 2.56. The molecule has 0 aromatic heterocycles. The highest BCUT2D eigenvalue weighted by atomic mass is 32.2. The summed E-state index contributed by atoms with van der Waals surface area (Å²) >= 11 is 0. The molecule has 0 bridgehead atoms. The van der Waals surface area contributed by atoms with Gasteiger partial charge in [-0.05, 0) is 74.0 Å². The van der Waals surface area contributed by atoms with E-state index in [0.29, 0.717) is 5.56 Å². The van der Waals surface area contributed by atoms with Gasteiger partial charge < -0.3 is 4.90 Å². The molecule has 2 fully saturated rings. The molecule has 0 spiro atoms. The standard InChI is InChI=1S/C25H33N3O3S/c1-20-10-14-27(15-11-20)19-22-7-4-6-21(16-22)18-26-32(30,31)24-9-5-8-23(17-24)25(29)28-12-2-3-13-28/h4-9,16-17,20,26H,2-3,10-15,18-19H2,1H3. The summed E-state index contributed by atoms with van der Waals surface area (Å²) in [6.07, 6.45) is 4.47. The van der Waals surface area contributed by atoms with E-state index >= 15 is 0 Å². The van der Waals surface area contributed by atoms with E-state index in [1.165, 1.54) is 30.5 Å². The number of nitrogens with one attached hydrogen (secondary N) is 1. The lowest BCUT2D eigenvalue weighted by atomic mass is 9.98. The molecule has 2 aliphatic rings. The van der Waals surface area contributed by atoms with Crippen LogP contribution in [0.1, 0.15) is 54.1 Å². The van der Waals surface area contributed by atoms with Crippen LogP contribution in [-0.4, -0.2) is 50.3 Å². The summed E-state index contributed by atoms with van der Waals surface area (Å²) < 4.78 is 28.5. The molecule has 7 heteroatoms. The quantitative estimate of drug-likeness (QED) is 0.692. The van der Waals surface area contributed by atoms with Crippen molar-refractivity contribution < 1.29 is 13.2 Å². The summed E-state index contributed by atoms with van der Waals surface area (Å²) in [4.78, 5) is 17.0. The molecule has 172 valence electrons. The van der Waals surface area contributed by atoms with Crippen molar-refractivity contribution in [3.63, 3.8) is 0 Å². The summed E-state index contributed by atoms with van der Waals surface area (Å²) in [6.45, 7) is 7.13. The van der Waals surface area contributed by atoms with Gasteiger partial charge in [0.15, 0.2) is 0 Å². The fraction of sp³-hybridized carbons (Fsp3) is 0.480. The molecular weight excluding hydrogens is 422 g/mol. The van der Waals surface area contributed by atoms with Crippen molar-refractivity contribution >= 4 is 15.9 Å². The predicted octanol–water partition coefficient (Wildman–Crippen LogP) is 3.63. The zero-order chi connectivity index (χ0) is 22.6. The van der Waals surface area contributed by atoms with Crippen LogP contribution >= 0.6 is 0 Å². The molecule has 32 heavy (non-hydrogen) atoms. The molecule has 0 radical (unpaired) electrons. The smallest absolute Gasteiger partial charge is 0.253 e. The minimum atomic E-state index is -3.72. The topological polar surface area (TPSA) is 69.7 Å². The third-order valence-electron chi connectivity index (χ3n) is 6.52. The minimum Gasteiger partial charge on any atom is -0.339 e. The zero-order valence-corrected chi connectivity index (χ0v) is 19.6. The maximum absolute atomic E-state index is 12.9. The van der Waals surface area contributed by atoms with Gasteiger partial charge in [-0.2, -0.15) is 0 Å². The number of hydrogen-bond donors (Lipinski definition) is 1. The van der Waals surface area contributed by atoms with Crippen molar-refractivity contribution in [1.82, 2.24) is 14.5 Å². The molecule has 6 nitrogen and oxygen atoms in total. The number of carbonyl (C=O) groups is 1. The molecule has 2 saturated heterocycles. The number of carbonyl (C=O) groups excluding carboxylic acids is 1. The fourth-order valence-electron chi connectivity index (χ4n) is 4.48. The number of rotatable bonds is 7. The SMILES string of the molecule is CC1CCN(Cc2cccc(CNS(=O)(=O)c3cccc(C(=O)N4CCCC4)c3)c2)CC1. The van der Waals surface area contributed by atoms with Gasteiger partial charge >= 0.3 is 0 Å². The van der Waals surface area contributed by atoms with Crippen LogP contribution in [0.15, 0.2) is 53.4 Å². The normalized spacial score (nSPS) is 18.2. The molecule has 2 aliphatic heterocycles. The second-order valence-electron chi connectivity index (χ2n) is 9.13. The van der Waals surface area contributed by atoms with E-state index in [1.807, 2.05) is 12.1 Å². The Kier molecular flexibility index (Phi) is 7.28. The fourth-order valence-corrected chi connectivity index (χ4v) is 5.54. The highest BCUT2D eigenvalue weighted by Gasteiger charge is 2.22. The summed E-state index contributed by atoms with van der Waals surface area (Å²) in [7, 11) is -3.72. The van der Waals surface area contributed by atoms with Crippen molar-refractivity contribution in [2.75, 3.05) is 26.2 Å². The lowest BCUT2D eigenvalue weighted by Crippen LogP contribution is -2.32. The van der Waals surface area contributed by atoms with Gasteiger partial charge in [0, 0.05) is 31.7 Å². The van der Waals surface area contributed by atoms with Crippen LogP contribution in [-0.2, 0) is 23.1 Å². The third kappa shape index (κ3) is 5.77. The second kappa shape index (κ2) is 10.1. The van der Waals surface area contributed by atoms with Gasteiger partial charge in [-0.1, -0.05) is 37.3 Å². The molecule has 2 aromatic rings. The van der Waals surface area contributed by atoms with E-state index in [1.54, 1.807) is 17.0 Å². The van der Waals surface area contributed by atoms with Crippen LogP contribution in [0, 0.1) is 5.92 Å². The first kappa shape index (κ1) is 23.0. The summed E-state index contributed by atoms with van der Waals surface area (Å²) in [5.74, 6) is 0.704. The maximum Gasteiger partial charge on any atom is 0.253 e. The molecular formula is C25H33N3O3S. The molecule has 4 rings (SSSR count). The lowest BCUT2D eigenvalue weighted by Gasteiger charge is -2.30. The van der Waals surface area contributed by atoms with E-state index in [4.69, 9.17) is 0 Å². The molecule has 0 saturated carbocycles. The molecule has 0 aliphatic carbocycles. The van der Waals surface area contributed by atoms with Crippen molar-refractivity contribution in [2.45, 2.75) is 50.6 Å². The van der Waals surface area contributed by atoms with Crippen molar-refractivity contribution in [3.8, 4) is 0 Å². The number of amides is 1. The van der Waals surface area contributed by atoms with E-state index in [2.05, 4.69) is 28.7 Å². The predicted molar refractivity (Wildman–Crippen MR) is 126 cm³/mol. The van der Waals surface area contributed by atoms with Crippen LogP contribution in [0.4, 0.5) is 0 Å². The first-order valence-corrected chi connectivity index (χ1v) is 13.1. The van der Waals surface area contributed by atoms with Gasteiger partial charge in [0.05, 0.1) is 4.90 Å².